The lowest BCUT2D eigenvalue weighted by Gasteiger charge is -2.43. The Balaban J connectivity index is 1.43. The Kier molecular flexibility index (Phi) is 3.14. The van der Waals surface area contributed by atoms with E-state index in [1.54, 1.807) is 0 Å². The number of nitrogens with zero attached hydrogens (tertiary/aromatic N) is 2. The maximum Gasteiger partial charge on any atom is 0.438 e. The van der Waals surface area contributed by atoms with E-state index in [2.05, 4.69) is 33.7 Å². The van der Waals surface area contributed by atoms with Gasteiger partial charge in [0, 0.05) is 25.4 Å². The lowest BCUT2D eigenvalue weighted by atomic mass is 9.80. The van der Waals surface area contributed by atoms with Gasteiger partial charge in [0.2, 0.25) is 5.91 Å². The number of carbonyl (C=O) groups excluding carboxylic acids is 1. The Morgan fingerprint density at radius 1 is 1.43 bits per heavy atom. The van der Waals surface area contributed by atoms with Gasteiger partial charge in [-0.3, -0.25) is 14.3 Å². The average Bonchev–Trinajstić information content (AvgIpc) is 3.07. The van der Waals surface area contributed by atoms with Gasteiger partial charge in [-0.2, -0.15) is 0 Å². The summed E-state index contributed by atoms with van der Waals surface area (Å²) in [6, 6.07) is 8.24. The molecule has 4 rings (SSSR count). The van der Waals surface area contributed by atoms with Crippen molar-refractivity contribution < 1.29 is 9.32 Å². The van der Waals surface area contributed by atoms with Gasteiger partial charge in [0.25, 0.3) is 0 Å². The summed E-state index contributed by atoms with van der Waals surface area (Å²) in [4.78, 5) is 28.4. The van der Waals surface area contributed by atoms with Gasteiger partial charge >= 0.3 is 5.76 Å². The molecule has 1 atom stereocenters. The van der Waals surface area contributed by atoms with Gasteiger partial charge in [-0.1, -0.05) is 29.4 Å². The number of benzene rings is 1. The highest BCUT2D eigenvalue weighted by molar-refractivity contribution is 5.89. The Morgan fingerprint density at radius 3 is 2.96 bits per heavy atom. The summed E-state index contributed by atoms with van der Waals surface area (Å²) >= 11 is 0. The van der Waals surface area contributed by atoms with Crippen LogP contribution in [0.2, 0.25) is 0 Å². The van der Waals surface area contributed by atoms with E-state index in [0.717, 1.165) is 12.8 Å². The summed E-state index contributed by atoms with van der Waals surface area (Å²) in [5.74, 6) is 0.583. The van der Waals surface area contributed by atoms with Crippen LogP contribution in [0.5, 0.6) is 0 Å². The minimum Gasteiger partial charge on any atom is -0.341 e. The van der Waals surface area contributed by atoms with Gasteiger partial charge in [0.1, 0.15) is 0 Å². The number of aromatic amines is 1. The Morgan fingerprint density at radius 2 is 2.22 bits per heavy atom. The van der Waals surface area contributed by atoms with Crippen molar-refractivity contribution in [1.29, 1.82) is 0 Å². The second kappa shape index (κ2) is 5.08. The van der Waals surface area contributed by atoms with Crippen LogP contribution in [0.25, 0.3) is 0 Å². The number of carbonyl (C=O) groups is 1. The van der Waals surface area contributed by atoms with Crippen molar-refractivity contribution >= 4 is 5.91 Å². The van der Waals surface area contributed by atoms with Crippen LogP contribution in [0.15, 0.2) is 33.6 Å². The van der Waals surface area contributed by atoms with Crippen LogP contribution in [0.3, 0.4) is 0 Å². The first-order valence-electron chi connectivity index (χ1n) is 7.99. The molecule has 1 aliphatic heterocycles. The van der Waals surface area contributed by atoms with E-state index in [0.29, 0.717) is 31.3 Å². The zero-order valence-corrected chi connectivity index (χ0v) is 13.0. The molecular formula is C17H19N3O3. The van der Waals surface area contributed by atoms with Gasteiger partial charge < -0.3 is 4.90 Å². The van der Waals surface area contributed by atoms with Crippen molar-refractivity contribution in [3.8, 4) is 0 Å². The highest BCUT2D eigenvalue weighted by Crippen LogP contribution is 2.41. The number of nitrogens with one attached hydrogen (secondary N) is 1. The zero-order chi connectivity index (χ0) is 16.0. The van der Waals surface area contributed by atoms with Crippen LogP contribution in [-0.2, 0) is 23.1 Å². The number of amides is 1. The van der Waals surface area contributed by atoms with Crippen LogP contribution >= 0.6 is 0 Å². The van der Waals surface area contributed by atoms with E-state index in [4.69, 9.17) is 0 Å². The fourth-order valence-corrected chi connectivity index (χ4v) is 3.85. The van der Waals surface area contributed by atoms with E-state index in [1.165, 1.54) is 11.1 Å². The molecule has 1 aromatic heterocycles. The predicted molar refractivity (Wildman–Crippen MR) is 83.0 cm³/mol. The highest BCUT2D eigenvalue weighted by atomic mass is 16.5. The number of H-pyrrole nitrogens is 1. The molecule has 2 heterocycles. The number of aromatic nitrogens is 2. The molecular weight excluding hydrogens is 294 g/mol. The third kappa shape index (κ3) is 2.29. The van der Waals surface area contributed by atoms with Crippen molar-refractivity contribution in [2.75, 3.05) is 13.1 Å². The maximum atomic E-state index is 12.9. The minimum absolute atomic E-state index is 0.215. The molecule has 0 saturated carbocycles. The number of hydrogen-bond donors (Lipinski definition) is 1. The highest BCUT2D eigenvalue weighted by Gasteiger charge is 2.46. The van der Waals surface area contributed by atoms with Crippen LogP contribution in [0.4, 0.5) is 0 Å². The van der Waals surface area contributed by atoms with Crippen LogP contribution in [0, 0.1) is 5.92 Å². The molecule has 2 aliphatic rings. The first kappa shape index (κ1) is 14.2. The van der Waals surface area contributed by atoms with E-state index < -0.39 is 11.2 Å². The van der Waals surface area contributed by atoms with Crippen molar-refractivity contribution in [3.63, 3.8) is 0 Å². The van der Waals surface area contributed by atoms with Crippen molar-refractivity contribution in [3.05, 3.63) is 51.8 Å². The molecule has 0 spiro atoms. The lowest BCUT2D eigenvalue weighted by molar-refractivity contribution is -0.143. The molecule has 6 heteroatoms. The molecule has 1 fully saturated rings. The van der Waals surface area contributed by atoms with Gasteiger partial charge in [-0.15, -0.1) is 0 Å². The molecule has 6 nitrogen and oxygen atoms in total. The maximum absolute atomic E-state index is 12.9. The summed E-state index contributed by atoms with van der Waals surface area (Å²) in [5.41, 5.74) is 2.07. The standard InChI is InChI=1S/C17H19N3O3/c1-17(7-6-12-4-2-3-5-13(12)17)15(21)20-9-11(10-20)8-14-18-16(22)23-19-14/h2-5,11H,6-10H2,1H3,(H,18,19,22). The number of aryl methyl sites for hydroxylation is 1. The SMILES string of the molecule is CC1(C(=O)N2CC(Cc3noc(=O)[nH]3)C2)CCc2ccccc21. The summed E-state index contributed by atoms with van der Waals surface area (Å²) in [6.07, 6.45) is 2.49. The zero-order valence-electron chi connectivity index (χ0n) is 13.0. The fourth-order valence-electron chi connectivity index (χ4n) is 3.85. The quantitative estimate of drug-likeness (QED) is 0.925. The molecule has 120 valence electrons. The van der Waals surface area contributed by atoms with Gasteiger partial charge in [-0.05, 0) is 30.9 Å². The number of fused-ring (bicyclic) bond motifs is 1. The lowest BCUT2D eigenvalue weighted by Crippen LogP contribution is -2.56. The fraction of sp³-hybridized carbons (Fsp3) is 0.471. The van der Waals surface area contributed by atoms with E-state index in [1.807, 2.05) is 17.0 Å². The first-order valence-corrected chi connectivity index (χ1v) is 7.99. The Labute approximate surface area is 133 Å². The average molecular weight is 313 g/mol. The third-order valence-electron chi connectivity index (χ3n) is 5.19. The monoisotopic (exact) mass is 313 g/mol. The molecule has 2 aromatic rings. The third-order valence-corrected chi connectivity index (χ3v) is 5.19. The molecule has 1 unspecified atom stereocenters. The summed E-state index contributed by atoms with van der Waals surface area (Å²) in [5, 5.41) is 3.68. The molecule has 0 bridgehead atoms. The predicted octanol–water partition coefficient (Wildman–Crippen LogP) is 1.27. The minimum atomic E-state index is -0.526. The molecule has 1 saturated heterocycles. The first-order chi connectivity index (χ1) is 11.1. The van der Waals surface area contributed by atoms with E-state index in [9.17, 15) is 9.59 Å². The number of hydrogen-bond acceptors (Lipinski definition) is 4. The smallest absolute Gasteiger partial charge is 0.341 e. The molecule has 0 radical (unpaired) electrons. The molecule has 1 amide bonds. The van der Waals surface area contributed by atoms with E-state index in [-0.39, 0.29) is 5.91 Å². The summed E-state index contributed by atoms with van der Waals surface area (Å²) in [7, 11) is 0. The normalized spacial score (nSPS) is 23.6. The Bertz CT molecular complexity index is 803. The van der Waals surface area contributed by atoms with Crippen LogP contribution in [-0.4, -0.2) is 34.0 Å². The van der Waals surface area contributed by atoms with Crippen molar-refractivity contribution in [1.82, 2.24) is 15.0 Å². The van der Waals surface area contributed by atoms with Crippen molar-refractivity contribution in [2.24, 2.45) is 5.92 Å². The van der Waals surface area contributed by atoms with Crippen molar-refractivity contribution in [2.45, 2.75) is 31.6 Å². The van der Waals surface area contributed by atoms with E-state index >= 15 is 0 Å². The molecule has 1 N–H and O–H groups in total. The van der Waals surface area contributed by atoms with Gasteiger partial charge in [0.05, 0.1) is 5.41 Å². The Hall–Kier alpha value is -2.37. The molecule has 1 aromatic carbocycles. The topological polar surface area (TPSA) is 79.2 Å². The largest absolute Gasteiger partial charge is 0.438 e. The molecule has 23 heavy (non-hydrogen) atoms. The van der Waals surface area contributed by atoms with Gasteiger partial charge in [-0.25, -0.2) is 4.79 Å². The summed E-state index contributed by atoms with van der Waals surface area (Å²) < 4.78 is 4.50. The van der Waals surface area contributed by atoms with Gasteiger partial charge in [0.15, 0.2) is 5.82 Å². The number of rotatable bonds is 3. The second-order valence-electron chi connectivity index (χ2n) is 6.81. The van der Waals surface area contributed by atoms with Crippen LogP contribution < -0.4 is 5.76 Å². The van der Waals surface area contributed by atoms with Crippen LogP contribution in [0.1, 0.15) is 30.3 Å². The molecule has 1 aliphatic carbocycles. The number of likely N-dealkylation sites (tertiary alicyclic amines) is 1. The second-order valence-corrected chi connectivity index (χ2v) is 6.81. The summed E-state index contributed by atoms with van der Waals surface area (Å²) in [6.45, 7) is 3.49.